The van der Waals surface area contributed by atoms with E-state index >= 15 is 0 Å². The minimum absolute atomic E-state index is 0.00957. The molecule has 2 aliphatic heterocycles. The van der Waals surface area contributed by atoms with E-state index in [2.05, 4.69) is 10.6 Å². The zero-order valence-corrected chi connectivity index (χ0v) is 17.9. The average molecular weight is 450 g/mol. The Bertz CT molecular complexity index is 899. The van der Waals surface area contributed by atoms with Crippen molar-refractivity contribution in [2.75, 3.05) is 32.8 Å². The summed E-state index contributed by atoms with van der Waals surface area (Å²) in [6.07, 6.45) is 1.25. The van der Waals surface area contributed by atoms with E-state index in [4.69, 9.17) is 21.1 Å². The highest BCUT2D eigenvalue weighted by Gasteiger charge is 2.31. The van der Waals surface area contributed by atoms with Crippen LogP contribution < -0.4 is 10.6 Å². The lowest BCUT2D eigenvalue weighted by atomic mass is 9.97. The van der Waals surface area contributed by atoms with E-state index in [0.717, 1.165) is 0 Å². The number of nitrogens with zero attached hydrogens (tertiary/aromatic N) is 1. The maximum Gasteiger partial charge on any atom is 0.337 e. The predicted octanol–water partition coefficient (Wildman–Crippen LogP) is 1.87. The van der Waals surface area contributed by atoms with Gasteiger partial charge in [0.15, 0.2) is 0 Å². The Morgan fingerprint density at radius 3 is 2.65 bits per heavy atom. The van der Waals surface area contributed by atoms with E-state index in [1.807, 2.05) is 0 Å². The van der Waals surface area contributed by atoms with Crippen molar-refractivity contribution < 1.29 is 28.7 Å². The number of carbonyl (C=O) groups excluding carboxylic acids is 4. The van der Waals surface area contributed by atoms with Crippen molar-refractivity contribution in [2.45, 2.75) is 19.8 Å². The molecule has 0 radical (unpaired) electrons. The summed E-state index contributed by atoms with van der Waals surface area (Å²) in [5.74, 6) is -1.74. The second-order valence-electron chi connectivity index (χ2n) is 7.19. The molecule has 2 N–H and O–H groups in total. The Hall–Kier alpha value is -3.07. The molecule has 9 nitrogen and oxygen atoms in total. The SMILES string of the molecule is CCOC(=O)C1=C(COC(=O)[C@@H]2CCCN(C(=O)c3ccc(Cl)cc3)C2)NC(=O)NC1. The van der Waals surface area contributed by atoms with Crippen LogP contribution in [0.5, 0.6) is 0 Å². The van der Waals surface area contributed by atoms with Gasteiger partial charge in [-0.3, -0.25) is 9.59 Å². The number of hydrogen-bond donors (Lipinski definition) is 2. The molecule has 1 fully saturated rings. The van der Waals surface area contributed by atoms with Crippen LogP contribution in [0, 0.1) is 5.92 Å². The number of esters is 2. The number of carbonyl (C=O) groups is 4. The van der Waals surface area contributed by atoms with Crippen LogP contribution in [0.2, 0.25) is 5.02 Å². The molecule has 1 atom stereocenters. The van der Waals surface area contributed by atoms with Gasteiger partial charge in [0, 0.05) is 23.7 Å². The van der Waals surface area contributed by atoms with Crippen molar-refractivity contribution in [1.82, 2.24) is 15.5 Å². The van der Waals surface area contributed by atoms with Gasteiger partial charge in [0.1, 0.15) is 6.61 Å². The second-order valence-corrected chi connectivity index (χ2v) is 7.63. The summed E-state index contributed by atoms with van der Waals surface area (Å²) in [4.78, 5) is 50.7. The molecule has 2 heterocycles. The van der Waals surface area contributed by atoms with Gasteiger partial charge < -0.3 is 25.0 Å². The van der Waals surface area contributed by atoms with E-state index in [1.54, 1.807) is 36.1 Å². The number of rotatable bonds is 6. The molecule has 1 saturated heterocycles. The van der Waals surface area contributed by atoms with Gasteiger partial charge in [-0.1, -0.05) is 11.6 Å². The zero-order valence-electron chi connectivity index (χ0n) is 17.1. The quantitative estimate of drug-likeness (QED) is 0.641. The molecule has 10 heteroatoms. The Balaban J connectivity index is 1.61. The van der Waals surface area contributed by atoms with Crippen LogP contribution in [-0.2, 0) is 19.1 Å². The summed E-state index contributed by atoms with van der Waals surface area (Å²) in [7, 11) is 0. The lowest BCUT2D eigenvalue weighted by Crippen LogP contribution is -2.46. The van der Waals surface area contributed by atoms with Crippen LogP contribution in [0.1, 0.15) is 30.1 Å². The molecule has 0 spiro atoms. The van der Waals surface area contributed by atoms with Crippen LogP contribution in [0.25, 0.3) is 0 Å². The normalized spacial score (nSPS) is 18.7. The van der Waals surface area contributed by atoms with Gasteiger partial charge in [0.25, 0.3) is 5.91 Å². The zero-order chi connectivity index (χ0) is 22.4. The molecule has 1 aromatic carbocycles. The number of nitrogens with one attached hydrogen (secondary N) is 2. The third-order valence-electron chi connectivity index (χ3n) is 5.07. The van der Waals surface area contributed by atoms with Gasteiger partial charge in [-0.15, -0.1) is 0 Å². The number of halogens is 1. The molecule has 3 amide bonds. The Labute approximate surface area is 184 Å². The Morgan fingerprint density at radius 1 is 1.19 bits per heavy atom. The standard InChI is InChI=1S/C21H24ClN3O6/c1-2-30-20(28)16-10-23-21(29)24-17(16)12-31-19(27)14-4-3-9-25(11-14)18(26)13-5-7-15(22)8-6-13/h5-8,14H,2-4,9-12H2,1H3,(H2,23,24,29)/t14-/m1/s1. The fourth-order valence-corrected chi connectivity index (χ4v) is 3.58. The first-order valence-corrected chi connectivity index (χ1v) is 10.4. The van der Waals surface area contributed by atoms with Crippen LogP contribution in [0.4, 0.5) is 4.79 Å². The van der Waals surface area contributed by atoms with Gasteiger partial charge in [0.05, 0.1) is 30.3 Å². The number of ether oxygens (including phenoxy) is 2. The van der Waals surface area contributed by atoms with E-state index in [-0.39, 0.29) is 43.5 Å². The predicted molar refractivity (Wildman–Crippen MR) is 111 cm³/mol. The molecule has 0 bridgehead atoms. The van der Waals surface area contributed by atoms with Gasteiger partial charge in [-0.05, 0) is 44.0 Å². The lowest BCUT2D eigenvalue weighted by Gasteiger charge is -2.32. The van der Waals surface area contributed by atoms with Crippen LogP contribution in [0.15, 0.2) is 35.5 Å². The third-order valence-corrected chi connectivity index (χ3v) is 5.32. The topological polar surface area (TPSA) is 114 Å². The summed E-state index contributed by atoms with van der Waals surface area (Å²) in [5.41, 5.74) is 0.901. The monoisotopic (exact) mass is 449 g/mol. The van der Waals surface area contributed by atoms with E-state index in [9.17, 15) is 19.2 Å². The Kier molecular flexibility index (Phi) is 7.51. The first-order valence-electron chi connectivity index (χ1n) is 10.0. The fraction of sp³-hybridized carbons (Fsp3) is 0.429. The van der Waals surface area contributed by atoms with Crippen molar-refractivity contribution in [3.05, 3.63) is 46.1 Å². The molecule has 0 unspecified atom stereocenters. The number of hydrogen-bond acceptors (Lipinski definition) is 6. The molecule has 2 aliphatic rings. The fourth-order valence-electron chi connectivity index (χ4n) is 3.46. The number of urea groups is 1. The van der Waals surface area contributed by atoms with Crippen LogP contribution >= 0.6 is 11.6 Å². The first kappa shape index (κ1) is 22.6. The molecule has 0 aliphatic carbocycles. The number of likely N-dealkylation sites (tertiary alicyclic amines) is 1. The second kappa shape index (κ2) is 10.3. The third kappa shape index (κ3) is 5.75. The molecule has 3 rings (SSSR count). The van der Waals surface area contributed by atoms with Gasteiger partial charge in [-0.25, -0.2) is 9.59 Å². The largest absolute Gasteiger partial charge is 0.463 e. The van der Waals surface area contributed by atoms with Gasteiger partial charge in [0.2, 0.25) is 0 Å². The van der Waals surface area contributed by atoms with Crippen LogP contribution in [0.3, 0.4) is 0 Å². The highest BCUT2D eigenvalue weighted by atomic mass is 35.5. The highest BCUT2D eigenvalue weighted by Crippen LogP contribution is 2.21. The molecule has 31 heavy (non-hydrogen) atoms. The minimum atomic E-state index is -0.585. The summed E-state index contributed by atoms with van der Waals surface area (Å²) < 4.78 is 10.4. The van der Waals surface area contributed by atoms with Crippen molar-refractivity contribution in [1.29, 1.82) is 0 Å². The average Bonchev–Trinajstić information content (AvgIpc) is 2.77. The van der Waals surface area contributed by atoms with Crippen molar-refractivity contribution >= 4 is 35.5 Å². The Morgan fingerprint density at radius 2 is 1.94 bits per heavy atom. The first-order chi connectivity index (χ1) is 14.9. The van der Waals surface area contributed by atoms with Crippen molar-refractivity contribution in [3.63, 3.8) is 0 Å². The number of benzene rings is 1. The van der Waals surface area contributed by atoms with Gasteiger partial charge >= 0.3 is 18.0 Å². The molecular weight excluding hydrogens is 426 g/mol. The molecule has 0 saturated carbocycles. The molecule has 1 aromatic rings. The maximum atomic E-state index is 12.7. The molecule has 0 aromatic heterocycles. The van der Waals surface area contributed by atoms with Crippen molar-refractivity contribution in [2.24, 2.45) is 5.92 Å². The van der Waals surface area contributed by atoms with E-state index in [1.165, 1.54) is 0 Å². The molecule has 166 valence electrons. The van der Waals surface area contributed by atoms with Crippen LogP contribution in [-0.4, -0.2) is 61.6 Å². The van der Waals surface area contributed by atoms with Crippen molar-refractivity contribution in [3.8, 4) is 0 Å². The molecular formula is C21H24ClN3O6. The maximum absolute atomic E-state index is 12.7. The summed E-state index contributed by atoms with van der Waals surface area (Å²) in [5, 5.41) is 5.52. The number of piperidine rings is 1. The summed E-state index contributed by atoms with van der Waals surface area (Å²) >= 11 is 5.87. The highest BCUT2D eigenvalue weighted by molar-refractivity contribution is 6.30. The smallest absolute Gasteiger partial charge is 0.337 e. The van der Waals surface area contributed by atoms with E-state index < -0.39 is 23.9 Å². The minimum Gasteiger partial charge on any atom is -0.463 e. The van der Waals surface area contributed by atoms with E-state index in [0.29, 0.717) is 30.0 Å². The van der Waals surface area contributed by atoms with Gasteiger partial charge in [-0.2, -0.15) is 0 Å². The summed E-state index contributed by atoms with van der Waals surface area (Å²) in [6.45, 7) is 2.37. The lowest BCUT2D eigenvalue weighted by molar-refractivity contribution is -0.149. The summed E-state index contributed by atoms with van der Waals surface area (Å²) in [6, 6.07) is 6.10. The number of amides is 3.